The van der Waals surface area contributed by atoms with Crippen molar-refractivity contribution in [3.63, 3.8) is 0 Å². The van der Waals surface area contributed by atoms with Crippen LogP contribution >= 0.6 is 0 Å². The zero-order valence-corrected chi connectivity index (χ0v) is 18.6. The predicted molar refractivity (Wildman–Crippen MR) is 127 cm³/mol. The summed E-state index contributed by atoms with van der Waals surface area (Å²) in [7, 11) is 1.76. The van der Waals surface area contributed by atoms with Crippen molar-refractivity contribution < 1.29 is 17.6 Å². The SMILES string of the molecule is CN=C/C=C(\C)c1ccc2ccn(-c3ccc(F)cc3)c2c1.Cc1ccc(C(F)(F)F)cc1. The molecular weight excluding hydrogens is 428 g/mol. The Hall–Kier alpha value is -3.67. The molecule has 0 saturated carbocycles. The van der Waals surface area contributed by atoms with Crippen molar-refractivity contribution in [2.75, 3.05) is 7.05 Å². The lowest BCUT2D eigenvalue weighted by atomic mass is 10.1. The Bertz CT molecular complexity index is 1260. The minimum absolute atomic E-state index is 0.224. The van der Waals surface area contributed by atoms with Crippen LogP contribution in [0.3, 0.4) is 0 Å². The molecule has 0 radical (unpaired) electrons. The molecule has 170 valence electrons. The first kappa shape index (κ1) is 24.0. The molecule has 1 aromatic heterocycles. The molecule has 0 bridgehead atoms. The van der Waals surface area contributed by atoms with E-state index in [-0.39, 0.29) is 5.82 Å². The fourth-order valence-corrected chi connectivity index (χ4v) is 3.23. The normalized spacial score (nSPS) is 12.2. The summed E-state index contributed by atoms with van der Waals surface area (Å²) >= 11 is 0. The van der Waals surface area contributed by atoms with Gasteiger partial charge in [0.25, 0.3) is 0 Å². The number of aliphatic imine (C=N–C) groups is 1. The number of nitrogens with zero attached hydrogens (tertiary/aromatic N) is 2. The lowest BCUT2D eigenvalue weighted by Crippen LogP contribution is -2.03. The van der Waals surface area contributed by atoms with E-state index in [2.05, 4.69) is 40.7 Å². The van der Waals surface area contributed by atoms with E-state index in [0.717, 1.165) is 45.4 Å². The highest BCUT2D eigenvalue weighted by Gasteiger charge is 2.29. The highest BCUT2D eigenvalue weighted by molar-refractivity contribution is 5.89. The molecule has 0 unspecified atom stereocenters. The van der Waals surface area contributed by atoms with Crippen LogP contribution in [0.2, 0.25) is 0 Å². The number of alkyl halides is 3. The summed E-state index contributed by atoms with van der Waals surface area (Å²) in [5, 5.41) is 1.16. The first-order valence-corrected chi connectivity index (χ1v) is 10.3. The first-order chi connectivity index (χ1) is 15.7. The van der Waals surface area contributed by atoms with Crippen molar-refractivity contribution in [1.82, 2.24) is 4.57 Å². The molecular formula is C27H24F4N2. The van der Waals surface area contributed by atoms with Crippen LogP contribution < -0.4 is 0 Å². The minimum atomic E-state index is -4.21. The summed E-state index contributed by atoms with van der Waals surface area (Å²) in [5.41, 5.74) is 4.59. The number of fused-ring (bicyclic) bond motifs is 1. The standard InChI is InChI=1S/C19H17FN2.C8H7F3/c1-14(9-11-21-2)16-4-3-15-10-12-22(19(15)13-16)18-7-5-17(20)6-8-18;1-6-2-4-7(5-3-6)8(9,10)11/h3-13H,1-2H3;2-5H,1H3/b14-9+,21-11?;. The number of aryl methyl sites for hydroxylation is 1. The van der Waals surface area contributed by atoms with Crippen LogP contribution in [0.15, 0.2) is 90.1 Å². The topological polar surface area (TPSA) is 17.3 Å². The van der Waals surface area contributed by atoms with Gasteiger partial charge in [-0.05, 0) is 85.0 Å². The van der Waals surface area contributed by atoms with Crippen LogP contribution in [0.4, 0.5) is 17.6 Å². The van der Waals surface area contributed by atoms with Gasteiger partial charge in [0.05, 0.1) is 11.1 Å². The van der Waals surface area contributed by atoms with Crippen molar-refractivity contribution in [2.45, 2.75) is 20.0 Å². The molecule has 2 nitrogen and oxygen atoms in total. The Morgan fingerprint density at radius 3 is 2.18 bits per heavy atom. The summed E-state index contributed by atoms with van der Waals surface area (Å²) in [4.78, 5) is 3.98. The lowest BCUT2D eigenvalue weighted by molar-refractivity contribution is -0.137. The van der Waals surface area contributed by atoms with Gasteiger partial charge in [0.15, 0.2) is 0 Å². The average molecular weight is 452 g/mol. The van der Waals surface area contributed by atoms with Gasteiger partial charge in [0.1, 0.15) is 5.82 Å². The second-order valence-corrected chi connectivity index (χ2v) is 7.56. The fourth-order valence-electron chi connectivity index (χ4n) is 3.23. The monoisotopic (exact) mass is 452 g/mol. The number of hydrogen-bond acceptors (Lipinski definition) is 1. The summed E-state index contributed by atoms with van der Waals surface area (Å²) in [6.45, 7) is 3.81. The van der Waals surface area contributed by atoms with Crippen LogP contribution in [-0.2, 0) is 6.18 Å². The van der Waals surface area contributed by atoms with Crippen molar-refractivity contribution in [1.29, 1.82) is 0 Å². The van der Waals surface area contributed by atoms with Gasteiger partial charge in [-0.1, -0.05) is 29.8 Å². The van der Waals surface area contributed by atoms with Crippen LogP contribution in [0, 0.1) is 12.7 Å². The lowest BCUT2D eigenvalue weighted by Gasteiger charge is -2.07. The summed E-state index contributed by atoms with van der Waals surface area (Å²) < 4.78 is 50.9. The zero-order valence-electron chi connectivity index (χ0n) is 18.6. The molecule has 0 spiro atoms. The van der Waals surface area contributed by atoms with E-state index in [9.17, 15) is 17.6 Å². The number of halogens is 4. The number of allylic oxidation sites excluding steroid dienone is 2. The largest absolute Gasteiger partial charge is 0.416 e. The molecule has 4 rings (SSSR count). The third-order valence-corrected chi connectivity index (χ3v) is 5.11. The minimum Gasteiger partial charge on any atom is -0.317 e. The van der Waals surface area contributed by atoms with Gasteiger partial charge in [-0.15, -0.1) is 0 Å². The van der Waals surface area contributed by atoms with Crippen LogP contribution in [0.25, 0.3) is 22.2 Å². The quantitative estimate of drug-likeness (QED) is 0.222. The predicted octanol–water partition coefficient (Wildman–Crippen LogP) is 7.89. The van der Waals surface area contributed by atoms with Crippen LogP contribution in [-0.4, -0.2) is 17.8 Å². The van der Waals surface area contributed by atoms with Crippen molar-refractivity contribution >= 4 is 22.7 Å². The number of hydrogen-bond donors (Lipinski definition) is 0. The molecule has 4 aromatic rings. The van der Waals surface area contributed by atoms with Crippen molar-refractivity contribution in [3.05, 3.63) is 108 Å². The molecule has 0 N–H and O–H groups in total. The highest BCUT2D eigenvalue weighted by Crippen LogP contribution is 2.29. The molecule has 0 atom stereocenters. The third kappa shape index (κ3) is 6.19. The molecule has 6 heteroatoms. The Morgan fingerprint density at radius 2 is 1.58 bits per heavy atom. The summed E-state index contributed by atoms with van der Waals surface area (Å²) in [6, 6.07) is 20.0. The summed E-state index contributed by atoms with van der Waals surface area (Å²) in [5.74, 6) is -0.224. The molecule has 0 aliphatic carbocycles. The van der Waals surface area contributed by atoms with Gasteiger partial charge >= 0.3 is 6.18 Å². The molecule has 33 heavy (non-hydrogen) atoms. The van der Waals surface area contributed by atoms with Gasteiger partial charge in [-0.2, -0.15) is 13.2 Å². The average Bonchev–Trinajstić information content (AvgIpc) is 3.21. The Morgan fingerprint density at radius 1 is 0.909 bits per heavy atom. The van der Waals surface area contributed by atoms with Gasteiger partial charge in [-0.25, -0.2) is 4.39 Å². The van der Waals surface area contributed by atoms with E-state index in [1.54, 1.807) is 32.3 Å². The molecule has 1 heterocycles. The Labute approximate surface area is 190 Å². The van der Waals surface area contributed by atoms with Crippen molar-refractivity contribution in [3.8, 4) is 5.69 Å². The van der Waals surface area contributed by atoms with Crippen LogP contribution in [0.5, 0.6) is 0 Å². The maximum absolute atomic E-state index is 13.1. The fraction of sp³-hybridized carbons (Fsp3) is 0.148. The smallest absolute Gasteiger partial charge is 0.317 e. The van der Waals surface area contributed by atoms with E-state index in [0.29, 0.717) is 0 Å². The van der Waals surface area contributed by atoms with Gasteiger partial charge in [-0.3, -0.25) is 4.99 Å². The number of benzene rings is 3. The second kappa shape index (κ2) is 10.3. The molecule has 0 saturated heterocycles. The van der Waals surface area contributed by atoms with Gasteiger partial charge < -0.3 is 4.57 Å². The van der Waals surface area contributed by atoms with Crippen molar-refractivity contribution in [2.24, 2.45) is 4.99 Å². The number of rotatable bonds is 3. The van der Waals surface area contributed by atoms with E-state index >= 15 is 0 Å². The molecule has 0 aliphatic rings. The molecule has 0 aliphatic heterocycles. The number of aromatic nitrogens is 1. The van der Waals surface area contributed by atoms with E-state index in [1.807, 2.05) is 12.3 Å². The molecule has 0 amide bonds. The Balaban J connectivity index is 0.000000235. The van der Waals surface area contributed by atoms with E-state index in [1.165, 1.54) is 24.3 Å². The Kier molecular flexibility index (Phi) is 7.48. The molecule has 3 aromatic carbocycles. The second-order valence-electron chi connectivity index (χ2n) is 7.56. The molecule has 0 fully saturated rings. The van der Waals surface area contributed by atoms with E-state index < -0.39 is 11.7 Å². The van der Waals surface area contributed by atoms with Crippen LogP contribution in [0.1, 0.15) is 23.6 Å². The first-order valence-electron chi connectivity index (χ1n) is 10.3. The maximum Gasteiger partial charge on any atom is 0.416 e. The van der Waals surface area contributed by atoms with Gasteiger partial charge in [0.2, 0.25) is 0 Å². The zero-order chi connectivity index (χ0) is 24.0. The van der Waals surface area contributed by atoms with E-state index in [4.69, 9.17) is 0 Å². The third-order valence-electron chi connectivity index (χ3n) is 5.11. The highest BCUT2D eigenvalue weighted by atomic mass is 19.4. The maximum atomic E-state index is 13.1. The summed E-state index contributed by atoms with van der Waals surface area (Å²) in [6.07, 6.45) is 1.58. The van der Waals surface area contributed by atoms with Gasteiger partial charge in [0, 0.05) is 25.1 Å².